The fraction of sp³-hybridized carbons (Fsp3) is 0.538. The maximum atomic E-state index is 13.4. The molecule has 1 saturated carbocycles. The van der Waals surface area contributed by atoms with E-state index in [0.717, 1.165) is 31.7 Å². The summed E-state index contributed by atoms with van der Waals surface area (Å²) in [4.78, 5) is 10.0. The molecule has 6 heteroatoms. The summed E-state index contributed by atoms with van der Waals surface area (Å²) in [7, 11) is 0. The Morgan fingerprint density at radius 2 is 2.11 bits per heavy atom. The Kier molecular flexibility index (Phi) is 3.68. The fourth-order valence-electron chi connectivity index (χ4n) is 2.50. The number of nitro benzene ring substituents is 1. The quantitative estimate of drug-likeness (QED) is 0.652. The predicted molar refractivity (Wildman–Crippen MR) is 68.1 cm³/mol. The van der Waals surface area contributed by atoms with Crippen LogP contribution >= 0.6 is 0 Å². The third-order valence-electron chi connectivity index (χ3n) is 4.03. The molecule has 1 aliphatic carbocycles. The van der Waals surface area contributed by atoms with Crippen LogP contribution in [-0.4, -0.2) is 11.5 Å². The molecule has 0 radical (unpaired) electrons. The van der Waals surface area contributed by atoms with Crippen LogP contribution in [0.25, 0.3) is 0 Å². The third-order valence-corrected chi connectivity index (χ3v) is 4.03. The summed E-state index contributed by atoms with van der Waals surface area (Å²) in [6.07, 6.45) is 4.17. The van der Waals surface area contributed by atoms with E-state index in [1.165, 1.54) is 0 Å². The van der Waals surface area contributed by atoms with E-state index < -0.39 is 22.2 Å². The minimum Gasteiger partial charge on any atom is -0.379 e. The fourth-order valence-corrected chi connectivity index (χ4v) is 2.50. The highest BCUT2D eigenvalue weighted by Gasteiger charge is 2.35. The van der Waals surface area contributed by atoms with Crippen LogP contribution in [0.4, 0.5) is 20.2 Å². The first-order valence-corrected chi connectivity index (χ1v) is 6.35. The van der Waals surface area contributed by atoms with Crippen molar-refractivity contribution < 1.29 is 13.7 Å². The van der Waals surface area contributed by atoms with Gasteiger partial charge in [-0.2, -0.15) is 4.39 Å². The van der Waals surface area contributed by atoms with Gasteiger partial charge in [-0.3, -0.25) is 10.1 Å². The minimum absolute atomic E-state index is 0.0813. The maximum Gasteiger partial charge on any atom is 0.327 e. The smallest absolute Gasteiger partial charge is 0.327 e. The minimum atomic E-state index is -1.15. The standard InChI is InChI=1S/C13H16F2N2O2/c1-2-13(4-3-5-13)8-16-11-7-9(14)6-10(15)12(11)17(18)19/h6-7,16H,2-5,8H2,1H3. The summed E-state index contributed by atoms with van der Waals surface area (Å²) >= 11 is 0. The number of nitrogens with zero attached hydrogens (tertiary/aromatic N) is 1. The lowest BCUT2D eigenvalue weighted by molar-refractivity contribution is -0.386. The van der Waals surface area contributed by atoms with Crippen molar-refractivity contribution in [2.24, 2.45) is 5.41 Å². The van der Waals surface area contributed by atoms with Crippen molar-refractivity contribution in [1.82, 2.24) is 0 Å². The highest BCUT2D eigenvalue weighted by molar-refractivity contribution is 5.62. The van der Waals surface area contributed by atoms with E-state index in [9.17, 15) is 18.9 Å². The molecular weight excluding hydrogens is 254 g/mol. The number of halogens is 2. The molecule has 1 aromatic rings. The monoisotopic (exact) mass is 270 g/mol. The SMILES string of the molecule is CCC1(CNc2cc(F)cc(F)c2[N+](=O)[O-])CCC1. The molecule has 0 saturated heterocycles. The second-order valence-electron chi connectivity index (χ2n) is 5.10. The number of rotatable bonds is 5. The van der Waals surface area contributed by atoms with Crippen molar-refractivity contribution >= 4 is 11.4 Å². The highest BCUT2D eigenvalue weighted by Crippen LogP contribution is 2.44. The first-order valence-electron chi connectivity index (χ1n) is 6.35. The van der Waals surface area contributed by atoms with Crippen molar-refractivity contribution in [2.75, 3.05) is 11.9 Å². The zero-order chi connectivity index (χ0) is 14.0. The molecule has 0 amide bonds. The molecule has 4 nitrogen and oxygen atoms in total. The lowest BCUT2D eigenvalue weighted by atomic mass is 9.67. The van der Waals surface area contributed by atoms with Gasteiger partial charge >= 0.3 is 5.69 Å². The number of hydrogen-bond acceptors (Lipinski definition) is 3. The summed E-state index contributed by atoms with van der Waals surface area (Å²) in [5.74, 6) is -1.96. The lowest BCUT2D eigenvalue weighted by Gasteiger charge is -2.41. The van der Waals surface area contributed by atoms with E-state index in [2.05, 4.69) is 12.2 Å². The maximum absolute atomic E-state index is 13.4. The summed E-state index contributed by atoms with van der Waals surface area (Å²) < 4.78 is 26.6. The van der Waals surface area contributed by atoms with Crippen LogP contribution in [0, 0.1) is 27.2 Å². The summed E-state index contributed by atoms with van der Waals surface area (Å²) in [6, 6.07) is 1.51. The van der Waals surface area contributed by atoms with E-state index in [-0.39, 0.29) is 11.1 Å². The molecule has 1 fully saturated rings. The normalized spacial score (nSPS) is 16.8. The van der Waals surface area contributed by atoms with Crippen LogP contribution in [0.2, 0.25) is 0 Å². The third kappa shape index (κ3) is 2.67. The Balaban J connectivity index is 2.21. The molecule has 0 spiro atoms. The van der Waals surface area contributed by atoms with Gasteiger partial charge in [-0.25, -0.2) is 4.39 Å². The Morgan fingerprint density at radius 1 is 1.42 bits per heavy atom. The molecule has 0 atom stereocenters. The van der Waals surface area contributed by atoms with Crippen LogP contribution in [-0.2, 0) is 0 Å². The number of anilines is 1. The number of nitrogens with one attached hydrogen (secondary N) is 1. The molecule has 0 aliphatic heterocycles. The average Bonchev–Trinajstić information content (AvgIpc) is 2.26. The van der Waals surface area contributed by atoms with Gasteiger partial charge in [0.25, 0.3) is 0 Å². The largest absolute Gasteiger partial charge is 0.379 e. The van der Waals surface area contributed by atoms with Gasteiger partial charge in [0, 0.05) is 18.7 Å². The predicted octanol–water partition coefficient (Wildman–Crippen LogP) is 3.87. The van der Waals surface area contributed by atoms with Crippen molar-refractivity contribution in [1.29, 1.82) is 0 Å². The van der Waals surface area contributed by atoms with Gasteiger partial charge < -0.3 is 5.32 Å². The first-order chi connectivity index (χ1) is 8.97. The zero-order valence-electron chi connectivity index (χ0n) is 10.7. The molecule has 19 heavy (non-hydrogen) atoms. The number of nitro groups is 1. The van der Waals surface area contributed by atoms with Gasteiger partial charge in [0.2, 0.25) is 5.82 Å². The molecule has 0 aromatic heterocycles. The molecule has 2 rings (SSSR count). The Labute approximate surface area is 110 Å². The van der Waals surface area contributed by atoms with Gasteiger partial charge in [0.15, 0.2) is 0 Å². The van der Waals surface area contributed by atoms with E-state index in [4.69, 9.17) is 0 Å². The topological polar surface area (TPSA) is 55.2 Å². The summed E-state index contributed by atoms with van der Waals surface area (Å²) in [6.45, 7) is 2.56. The number of hydrogen-bond donors (Lipinski definition) is 1. The molecule has 1 N–H and O–H groups in total. The van der Waals surface area contributed by atoms with Gasteiger partial charge in [0.1, 0.15) is 11.5 Å². The molecule has 104 valence electrons. The van der Waals surface area contributed by atoms with Gasteiger partial charge in [-0.15, -0.1) is 0 Å². The van der Waals surface area contributed by atoms with Crippen LogP contribution in [0.1, 0.15) is 32.6 Å². The zero-order valence-corrected chi connectivity index (χ0v) is 10.7. The Morgan fingerprint density at radius 3 is 2.58 bits per heavy atom. The van der Waals surface area contributed by atoms with Crippen LogP contribution in [0.5, 0.6) is 0 Å². The Bertz CT molecular complexity index is 496. The second-order valence-corrected chi connectivity index (χ2v) is 5.10. The van der Waals surface area contributed by atoms with E-state index in [1.54, 1.807) is 0 Å². The van der Waals surface area contributed by atoms with Gasteiger partial charge in [0.05, 0.1) is 4.92 Å². The second kappa shape index (κ2) is 5.11. The van der Waals surface area contributed by atoms with Crippen molar-refractivity contribution in [3.05, 3.63) is 33.9 Å². The van der Waals surface area contributed by atoms with Gasteiger partial charge in [-0.05, 0) is 24.7 Å². The molecule has 1 aliphatic rings. The van der Waals surface area contributed by atoms with E-state index in [0.29, 0.717) is 12.6 Å². The van der Waals surface area contributed by atoms with E-state index >= 15 is 0 Å². The van der Waals surface area contributed by atoms with Crippen LogP contribution < -0.4 is 5.32 Å². The first kappa shape index (κ1) is 13.7. The molecule has 0 bridgehead atoms. The molecule has 0 unspecified atom stereocenters. The molecule has 1 aromatic carbocycles. The van der Waals surface area contributed by atoms with Crippen LogP contribution in [0.3, 0.4) is 0 Å². The van der Waals surface area contributed by atoms with Crippen molar-refractivity contribution in [3.63, 3.8) is 0 Å². The lowest BCUT2D eigenvalue weighted by Crippen LogP contribution is -2.36. The van der Waals surface area contributed by atoms with Gasteiger partial charge in [-0.1, -0.05) is 13.3 Å². The van der Waals surface area contributed by atoms with Crippen molar-refractivity contribution in [2.45, 2.75) is 32.6 Å². The summed E-state index contributed by atoms with van der Waals surface area (Å²) in [5, 5.41) is 13.7. The van der Waals surface area contributed by atoms with Crippen molar-refractivity contribution in [3.8, 4) is 0 Å². The summed E-state index contributed by atoms with van der Waals surface area (Å²) in [5.41, 5.74) is -0.661. The Hall–Kier alpha value is -1.72. The highest BCUT2D eigenvalue weighted by atomic mass is 19.1. The molecular formula is C13H16F2N2O2. The molecule has 0 heterocycles. The number of benzene rings is 1. The van der Waals surface area contributed by atoms with E-state index in [1.807, 2.05) is 0 Å². The van der Waals surface area contributed by atoms with Crippen LogP contribution in [0.15, 0.2) is 12.1 Å². The average molecular weight is 270 g/mol.